The van der Waals surface area contributed by atoms with E-state index in [0.29, 0.717) is 23.6 Å². The van der Waals surface area contributed by atoms with E-state index in [1.165, 1.54) is 17.7 Å². The fourth-order valence-corrected chi connectivity index (χ4v) is 5.39. The third-order valence-electron chi connectivity index (χ3n) is 5.64. The summed E-state index contributed by atoms with van der Waals surface area (Å²) in [5.41, 5.74) is 11.5. The Morgan fingerprint density at radius 3 is 2.41 bits per heavy atom. The first kappa shape index (κ1) is 21.8. The molecule has 2 heterocycles. The van der Waals surface area contributed by atoms with Crippen LogP contribution in [0.3, 0.4) is 0 Å². The summed E-state index contributed by atoms with van der Waals surface area (Å²) >= 11 is 0. The van der Waals surface area contributed by atoms with E-state index in [-0.39, 0.29) is 4.90 Å². The largest absolute Gasteiger partial charge is 0.399 e. The molecule has 0 atom stereocenters. The zero-order valence-corrected chi connectivity index (χ0v) is 19.1. The molecule has 0 amide bonds. The lowest BCUT2D eigenvalue weighted by Crippen LogP contribution is -2.20. The second-order valence-corrected chi connectivity index (χ2v) is 10.2. The van der Waals surface area contributed by atoms with Crippen LogP contribution in [0.25, 0.3) is 11.0 Å². The van der Waals surface area contributed by atoms with Crippen molar-refractivity contribution in [3.63, 3.8) is 0 Å². The van der Waals surface area contributed by atoms with E-state index in [1.807, 2.05) is 31.4 Å². The van der Waals surface area contributed by atoms with Gasteiger partial charge in [-0.15, -0.1) is 0 Å². The Kier molecular flexibility index (Phi) is 5.60. The van der Waals surface area contributed by atoms with E-state index >= 15 is 0 Å². The van der Waals surface area contributed by atoms with Gasteiger partial charge in [-0.05, 0) is 73.9 Å². The molecule has 2 aromatic carbocycles. The summed E-state index contributed by atoms with van der Waals surface area (Å²) < 4.78 is 27.6. The van der Waals surface area contributed by atoms with E-state index in [0.717, 1.165) is 22.1 Å². The lowest BCUT2D eigenvalue weighted by molar-refractivity contribution is 0.101. The zero-order valence-electron chi connectivity index (χ0n) is 18.3. The summed E-state index contributed by atoms with van der Waals surface area (Å²) in [6.45, 7) is 6.56. The minimum atomic E-state index is -3.84. The summed E-state index contributed by atoms with van der Waals surface area (Å²) in [7, 11) is -3.84. The van der Waals surface area contributed by atoms with Gasteiger partial charge in [0, 0.05) is 17.3 Å². The number of aryl methyl sites for hydroxylation is 3. The van der Waals surface area contributed by atoms with Gasteiger partial charge in [0.15, 0.2) is 15.6 Å². The van der Waals surface area contributed by atoms with Crippen LogP contribution in [-0.4, -0.2) is 29.5 Å². The quantitative estimate of drug-likeness (QED) is 0.352. The first-order chi connectivity index (χ1) is 15.2. The van der Waals surface area contributed by atoms with Crippen LogP contribution in [0.4, 0.5) is 5.69 Å². The number of nitrogens with two attached hydrogens (primary N) is 1. The molecule has 2 aromatic heterocycles. The van der Waals surface area contributed by atoms with Crippen LogP contribution in [0.2, 0.25) is 0 Å². The van der Waals surface area contributed by atoms with Crippen molar-refractivity contribution in [3.05, 3.63) is 88.7 Å². The summed E-state index contributed by atoms with van der Waals surface area (Å²) in [6, 6.07) is 15.6. The molecule has 4 rings (SSSR count). The van der Waals surface area contributed by atoms with Crippen LogP contribution in [0.5, 0.6) is 0 Å². The van der Waals surface area contributed by atoms with Gasteiger partial charge in [-0.3, -0.25) is 4.79 Å². The fourth-order valence-electron chi connectivity index (χ4n) is 4.13. The molecular weight excluding hydrogens is 422 g/mol. The minimum Gasteiger partial charge on any atom is -0.399 e. The average molecular weight is 448 g/mol. The topological polar surface area (TPSA) is 95.0 Å². The van der Waals surface area contributed by atoms with Crippen LogP contribution >= 0.6 is 0 Å². The molecule has 0 saturated carbocycles. The SMILES string of the molecule is Cc1cc(C)c(Cn2c(C(=O)CS(=O)(=O)c3cccc(N)c3)cc3cccnc32)c(C)c1. The molecule has 0 aliphatic heterocycles. The number of ketones is 1. The highest BCUT2D eigenvalue weighted by atomic mass is 32.2. The summed E-state index contributed by atoms with van der Waals surface area (Å²) in [4.78, 5) is 17.8. The van der Waals surface area contributed by atoms with Gasteiger partial charge < -0.3 is 10.3 Å². The lowest BCUT2D eigenvalue weighted by atomic mass is 9.99. The number of hydrogen-bond acceptors (Lipinski definition) is 5. The number of carbonyl (C=O) groups is 1. The molecule has 0 aliphatic rings. The van der Waals surface area contributed by atoms with E-state index in [9.17, 15) is 13.2 Å². The number of carbonyl (C=O) groups excluding carboxylic acids is 1. The van der Waals surface area contributed by atoms with Gasteiger partial charge in [-0.2, -0.15) is 0 Å². The van der Waals surface area contributed by atoms with Crippen LogP contribution in [-0.2, 0) is 16.4 Å². The Bertz CT molecular complexity index is 1430. The number of anilines is 1. The predicted octanol–water partition coefficient (Wildman–Crippen LogP) is 4.25. The molecule has 0 saturated heterocycles. The van der Waals surface area contributed by atoms with Crippen molar-refractivity contribution in [1.29, 1.82) is 0 Å². The van der Waals surface area contributed by atoms with Crippen molar-refractivity contribution in [1.82, 2.24) is 9.55 Å². The highest BCUT2D eigenvalue weighted by Crippen LogP contribution is 2.25. The molecule has 0 spiro atoms. The number of nitrogens with zero attached hydrogens (tertiary/aromatic N) is 2. The number of Topliss-reactive ketones (excluding diaryl/α,β-unsaturated/α-hetero) is 1. The highest BCUT2D eigenvalue weighted by molar-refractivity contribution is 7.92. The van der Waals surface area contributed by atoms with E-state index < -0.39 is 21.4 Å². The molecule has 0 bridgehead atoms. The molecule has 0 fully saturated rings. The molecule has 6 nitrogen and oxygen atoms in total. The Labute approximate surface area is 187 Å². The van der Waals surface area contributed by atoms with Crippen molar-refractivity contribution in [2.45, 2.75) is 32.2 Å². The van der Waals surface area contributed by atoms with Gasteiger partial charge >= 0.3 is 0 Å². The van der Waals surface area contributed by atoms with Gasteiger partial charge in [0.05, 0.1) is 17.1 Å². The van der Waals surface area contributed by atoms with Crippen LogP contribution in [0.15, 0.2) is 65.7 Å². The molecule has 7 heteroatoms. The summed E-state index contributed by atoms with van der Waals surface area (Å²) in [5, 5.41) is 0.791. The number of rotatable bonds is 6. The number of nitrogen functional groups attached to an aromatic ring is 1. The first-order valence-corrected chi connectivity index (χ1v) is 11.9. The van der Waals surface area contributed by atoms with Crippen molar-refractivity contribution >= 4 is 32.3 Å². The van der Waals surface area contributed by atoms with Gasteiger partial charge in [0.25, 0.3) is 0 Å². The number of hydrogen-bond donors (Lipinski definition) is 1. The number of pyridine rings is 1. The van der Waals surface area contributed by atoms with E-state index in [1.54, 1.807) is 30.5 Å². The first-order valence-electron chi connectivity index (χ1n) is 10.3. The van der Waals surface area contributed by atoms with Crippen molar-refractivity contribution < 1.29 is 13.2 Å². The van der Waals surface area contributed by atoms with Crippen LogP contribution < -0.4 is 5.73 Å². The third-order valence-corrected chi connectivity index (χ3v) is 7.25. The van der Waals surface area contributed by atoms with Gasteiger partial charge in [-0.1, -0.05) is 23.8 Å². The Morgan fingerprint density at radius 2 is 1.72 bits per heavy atom. The average Bonchev–Trinajstić information content (AvgIpc) is 3.09. The number of benzene rings is 2. The van der Waals surface area contributed by atoms with Gasteiger partial charge in [0.2, 0.25) is 0 Å². The second-order valence-electron chi connectivity index (χ2n) is 8.16. The van der Waals surface area contributed by atoms with Crippen molar-refractivity contribution in [3.8, 4) is 0 Å². The molecule has 4 aromatic rings. The second kappa shape index (κ2) is 8.24. The maximum Gasteiger partial charge on any atom is 0.194 e. The number of sulfone groups is 1. The minimum absolute atomic E-state index is 0.0388. The zero-order chi connectivity index (χ0) is 23.0. The van der Waals surface area contributed by atoms with Crippen molar-refractivity contribution in [2.75, 3.05) is 11.5 Å². The van der Waals surface area contributed by atoms with E-state index in [4.69, 9.17) is 5.73 Å². The van der Waals surface area contributed by atoms with Gasteiger partial charge in [0.1, 0.15) is 11.4 Å². The summed E-state index contributed by atoms with van der Waals surface area (Å²) in [5.74, 6) is -1.12. The Balaban J connectivity index is 1.77. The molecule has 164 valence electrons. The Morgan fingerprint density at radius 1 is 1.00 bits per heavy atom. The number of fused-ring (bicyclic) bond motifs is 1. The Hall–Kier alpha value is -3.45. The molecule has 0 aliphatic carbocycles. The smallest absolute Gasteiger partial charge is 0.194 e. The predicted molar refractivity (Wildman–Crippen MR) is 127 cm³/mol. The number of aromatic nitrogens is 2. The molecular formula is C25H25N3O3S. The monoisotopic (exact) mass is 447 g/mol. The maximum atomic E-state index is 13.3. The maximum absolute atomic E-state index is 13.3. The lowest BCUT2D eigenvalue weighted by Gasteiger charge is -2.15. The normalized spacial score (nSPS) is 11.7. The fraction of sp³-hybridized carbons (Fsp3) is 0.200. The molecule has 32 heavy (non-hydrogen) atoms. The van der Waals surface area contributed by atoms with Gasteiger partial charge in [-0.25, -0.2) is 13.4 Å². The highest BCUT2D eigenvalue weighted by Gasteiger charge is 2.25. The van der Waals surface area contributed by atoms with Crippen LogP contribution in [0.1, 0.15) is 32.7 Å². The molecule has 2 N–H and O–H groups in total. The summed E-state index contributed by atoms with van der Waals surface area (Å²) in [6.07, 6.45) is 1.67. The standard InChI is InChI=1S/C25H25N3O3S/c1-16-10-17(2)22(18(3)11-16)14-28-23(12-19-6-5-9-27-25(19)28)24(29)15-32(30,31)21-8-4-7-20(26)13-21/h4-13H,14-15,26H2,1-3H3. The van der Waals surface area contributed by atoms with Crippen LogP contribution in [0, 0.1) is 20.8 Å². The molecule has 0 radical (unpaired) electrons. The third kappa shape index (κ3) is 4.16. The molecule has 0 unspecified atom stereocenters. The van der Waals surface area contributed by atoms with Crippen molar-refractivity contribution in [2.24, 2.45) is 0 Å². The van der Waals surface area contributed by atoms with E-state index in [2.05, 4.69) is 17.1 Å².